The molecule has 39 heavy (non-hydrogen) atoms. The summed E-state index contributed by atoms with van der Waals surface area (Å²) in [6, 6.07) is 0. The van der Waals surface area contributed by atoms with Crippen LogP contribution in [0.2, 0.25) is 0 Å². The quantitative estimate of drug-likeness (QED) is 0.106. The molecule has 0 aliphatic heterocycles. The molecule has 0 aromatic rings. The van der Waals surface area contributed by atoms with Gasteiger partial charge in [-0.3, -0.25) is 0 Å². The van der Waals surface area contributed by atoms with E-state index in [1.54, 1.807) is 0 Å². The third kappa shape index (κ3) is 30.8. The van der Waals surface area contributed by atoms with Gasteiger partial charge in [-0.15, -0.1) is 0 Å². The lowest BCUT2D eigenvalue weighted by Crippen LogP contribution is -2.63. The van der Waals surface area contributed by atoms with Crippen LogP contribution in [0.3, 0.4) is 0 Å². The highest BCUT2D eigenvalue weighted by Crippen LogP contribution is 2.17. The zero-order chi connectivity index (χ0) is 30.5. The van der Waals surface area contributed by atoms with Gasteiger partial charge in [0.2, 0.25) is 0 Å². The molecule has 0 aromatic carbocycles. The van der Waals surface area contributed by atoms with Crippen LogP contribution >= 0.6 is 0 Å². The first-order valence-electron chi connectivity index (χ1n) is 17.0. The van der Waals surface area contributed by atoms with Crippen LogP contribution in [-0.2, 0) is 0 Å². The summed E-state index contributed by atoms with van der Waals surface area (Å²) in [4.78, 5) is 31.8. The van der Waals surface area contributed by atoms with Crippen LogP contribution in [0.1, 0.15) is 158 Å². The summed E-state index contributed by atoms with van der Waals surface area (Å²) in [6.07, 6.45) is 22.1. The molecule has 2 N–H and O–H groups in total. The van der Waals surface area contributed by atoms with Crippen LogP contribution < -0.4 is 9.59 Å². The van der Waals surface area contributed by atoms with E-state index >= 15 is 0 Å². The van der Waals surface area contributed by atoms with Gasteiger partial charge in [-0.05, 0) is 51.4 Å². The third-order valence-corrected chi connectivity index (χ3v) is 7.89. The molecule has 0 heterocycles. The number of hydrogen-bond acceptors (Lipinski definition) is 4. The third-order valence-electron chi connectivity index (χ3n) is 7.89. The van der Waals surface area contributed by atoms with Gasteiger partial charge in [0.1, 0.15) is 9.05 Å². The van der Waals surface area contributed by atoms with Gasteiger partial charge in [0.05, 0.1) is 52.4 Å². The first-order valence-corrected chi connectivity index (χ1v) is 18.8. The predicted molar refractivity (Wildman–Crippen MR) is 169 cm³/mol. The molecule has 0 spiro atoms. The summed E-state index contributed by atoms with van der Waals surface area (Å²) in [5.41, 5.74) is 0. The first-order chi connectivity index (χ1) is 18.5. The molecule has 0 aliphatic carbocycles. The van der Waals surface area contributed by atoms with Gasteiger partial charge in [-0.1, -0.05) is 107 Å². The Bertz CT molecular complexity index is 359. The highest BCUT2D eigenvalue weighted by atomic mass is 28.4. The first kappa shape index (κ1) is 43.4. The zero-order valence-corrected chi connectivity index (χ0v) is 29.1. The van der Waals surface area contributed by atoms with E-state index < -0.39 is 9.05 Å². The lowest BCUT2D eigenvalue weighted by molar-refractivity contribution is -0.929. The normalized spacial score (nSPS) is 12.0. The molecular weight excluding hydrogens is 504 g/mol. The van der Waals surface area contributed by atoms with Gasteiger partial charge in [0.15, 0.2) is 0 Å². The minimum atomic E-state index is -5.11. The molecule has 0 radical (unpaired) electrons. The molecule has 0 rings (SSSR count). The van der Waals surface area contributed by atoms with Gasteiger partial charge in [0.25, 0.3) is 0 Å². The average molecular weight is 579 g/mol. The second kappa shape index (κ2) is 29.5. The van der Waals surface area contributed by atoms with E-state index in [0.717, 1.165) is 0 Å². The predicted octanol–water partition coefficient (Wildman–Crippen LogP) is 6.13. The van der Waals surface area contributed by atoms with Crippen molar-refractivity contribution >= 4 is 9.05 Å². The smallest absolute Gasteiger partial charge is 0.140 e. The van der Waals surface area contributed by atoms with Crippen molar-refractivity contribution in [3.05, 3.63) is 0 Å². The van der Waals surface area contributed by atoms with Crippen molar-refractivity contribution in [2.24, 2.45) is 0 Å². The Kier molecular flexibility index (Phi) is 32.8. The van der Waals surface area contributed by atoms with Crippen molar-refractivity contribution in [2.45, 2.75) is 158 Å². The molecule has 6 nitrogen and oxygen atoms in total. The summed E-state index contributed by atoms with van der Waals surface area (Å²) in [5.74, 6) is 0. The maximum atomic E-state index is 8.80. The Labute approximate surface area is 247 Å². The van der Waals surface area contributed by atoms with Crippen LogP contribution in [0.5, 0.6) is 0 Å². The minimum Gasteiger partial charge on any atom is -0.828 e. The van der Waals surface area contributed by atoms with Crippen molar-refractivity contribution in [1.82, 2.24) is 0 Å². The number of rotatable bonds is 24. The van der Waals surface area contributed by atoms with Crippen molar-refractivity contribution in [3.63, 3.8) is 0 Å². The van der Waals surface area contributed by atoms with Gasteiger partial charge >= 0.3 is 0 Å². The van der Waals surface area contributed by atoms with Crippen LogP contribution in [0, 0.1) is 0 Å². The topological polar surface area (TPSA) is 86.6 Å². The Balaban J connectivity index is -0.000000566. The highest BCUT2D eigenvalue weighted by molar-refractivity contribution is 6.42. The Morgan fingerprint density at radius 2 is 0.462 bits per heavy atom. The Hall–Kier alpha value is -0.0231. The van der Waals surface area contributed by atoms with Crippen molar-refractivity contribution < 1.29 is 28.1 Å². The molecule has 240 valence electrons. The fourth-order valence-electron chi connectivity index (χ4n) is 5.29. The summed E-state index contributed by atoms with van der Waals surface area (Å²) in [7, 11) is -5.11. The highest BCUT2D eigenvalue weighted by Gasteiger charge is 2.25. The second-order valence-electron chi connectivity index (χ2n) is 11.8. The molecule has 0 atom stereocenters. The van der Waals surface area contributed by atoms with Crippen LogP contribution in [0.25, 0.3) is 0 Å². The van der Waals surface area contributed by atoms with E-state index in [-0.39, 0.29) is 0 Å². The SMILES string of the molecule is CCCC[N+](CCCC)(CCCC)CCCC.CCCC[N+](CCCC)(CCCC)CCCC.[O-][Si]([O-])(O)O. The van der Waals surface area contributed by atoms with Crippen molar-refractivity contribution in [3.8, 4) is 0 Å². The molecule has 0 bridgehead atoms. The fourth-order valence-corrected chi connectivity index (χ4v) is 5.29. The molecule has 0 saturated carbocycles. The molecule has 0 unspecified atom stereocenters. The lowest BCUT2D eigenvalue weighted by atomic mass is 10.1. The van der Waals surface area contributed by atoms with Gasteiger partial charge in [-0.25, -0.2) is 0 Å². The molecule has 0 aliphatic rings. The number of unbranched alkanes of at least 4 members (excludes halogenated alkanes) is 8. The molecule has 0 fully saturated rings. The van der Waals surface area contributed by atoms with Gasteiger partial charge < -0.3 is 28.1 Å². The number of nitrogens with zero attached hydrogens (tertiary/aromatic N) is 2. The van der Waals surface area contributed by atoms with Crippen LogP contribution in [0.4, 0.5) is 0 Å². The average Bonchev–Trinajstić information content (AvgIpc) is 2.91. The van der Waals surface area contributed by atoms with E-state index in [2.05, 4.69) is 55.4 Å². The van der Waals surface area contributed by atoms with Gasteiger partial charge in [0, 0.05) is 0 Å². The molecule has 0 saturated heterocycles. The van der Waals surface area contributed by atoms with E-state index in [0.29, 0.717) is 0 Å². The largest absolute Gasteiger partial charge is 0.828 e. The van der Waals surface area contributed by atoms with Crippen LogP contribution in [-0.4, -0.2) is 80.0 Å². The standard InChI is InChI=1S/2C16H36N.H2O4Si/c2*1-5-9-13-17(14-10-6-2,15-11-7-3)16-12-8-4;1-5(2,3)4/h2*5-16H2,1-4H3;1-2H/q2*+1;-2. The van der Waals surface area contributed by atoms with Crippen molar-refractivity contribution in [1.29, 1.82) is 0 Å². The summed E-state index contributed by atoms with van der Waals surface area (Å²) < 4.78 is 2.84. The van der Waals surface area contributed by atoms with Crippen LogP contribution in [0.15, 0.2) is 0 Å². The summed E-state index contributed by atoms with van der Waals surface area (Å²) >= 11 is 0. The van der Waals surface area contributed by atoms with Gasteiger partial charge in [-0.2, -0.15) is 0 Å². The van der Waals surface area contributed by atoms with E-state index in [4.69, 9.17) is 19.2 Å². The second-order valence-corrected chi connectivity index (χ2v) is 12.9. The molecule has 7 heteroatoms. The minimum absolute atomic E-state index is 1.35. The number of hydrogen-bond donors (Lipinski definition) is 2. The molecule has 0 amide bonds. The fraction of sp³-hybridized carbons (Fsp3) is 1.00. The number of quaternary nitrogens is 2. The summed E-state index contributed by atoms with van der Waals surface area (Å²) in [5, 5.41) is 0. The maximum absolute atomic E-state index is 8.80. The van der Waals surface area contributed by atoms with E-state index in [9.17, 15) is 0 Å². The molecule has 0 aromatic heterocycles. The van der Waals surface area contributed by atoms with E-state index in [1.807, 2.05) is 0 Å². The van der Waals surface area contributed by atoms with E-state index in [1.165, 1.54) is 164 Å². The summed E-state index contributed by atoms with van der Waals surface area (Å²) in [6.45, 7) is 30.0. The molecular formula is C32H74N2O4Si. The van der Waals surface area contributed by atoms with Crippen molar-refractivity contribution in [2.75, 3.05) is 52.4 Å². The monoisotopic (exact) mass is 579 g/mol. The lowest BCUT2D eigenvalue weighted by Gasteiger charge is -2.39. The maximum Gasteiger partial charge on any atom is 0.140 e. The Morgan fingerprint density at radius 3 is 0.538 bits per heavy atom. The Morgan fingerprint density at radius 1 is 0.359 bits per heavy atom. The zero-order valence-electron chi connectivity index (χ0n) is 28.1.